The van der Waals surface area contributed by atoms with Crippen molar-refractivity contribution < 1.29 is 48.2 Å². The smallest absolute Gasteiger partial charge is 0.407 e. The number of amides is 1. The first-order chi connectivity index (χ1) is 24.5. The van der Waals surface area contributed by atoms with Crippen LogP contribution < -0.4 is 9.64 Å². The Morgan fingerprint density at radius 1 is 0.941 bits per heavy atom. The first kappa shape index (κ1) is 40.8. The molecule has 2 aliphatic heterocycles. The van der Waals surface area contributed by atoms with Gasteiger partial charge in [-0.25, -0.2) is 4.79 Å². The number of aliphatic hydroxyl groups excluding tert-OH is 1. The Hall–Kier alpha value is -2.97. The zero-order chi connectivity index (χ0) is 37.0. The summed E-state index contributed by atoms with van der Waals surface area (Å²) in [5.74, 6) is 0.778. The van der Waals surface area contributed by atoms with Gasteiger partial charge in [-0.15, -0.1) is 0 Å². The van der Waals surface area contributed by atoms with Crippen LogP contribution in [0.1, 0.15) is 56.7 Å². The second-order valence-corrected chi connectivity index (χ2v) is 14.8. The lowest BCUT2D eigenvalue weighted by molar-refractivity contribution is -0.149. The van der Waals surface area contributed by atoms with Gasteiger partial charge < -0.3 is 48.3 Å². The number of anilines is 1. The van der Waals surface area contributed by atoms with Gasteiger partial charge in [0, 0.05) is 46.3 Å². The molecular weight excluding hydrogens is 656 g/mol. The molecule has 12 nitrogen and oxygen atoms in total. The quantitative estimate of drug-likeness (QED) is 0.187. The number of piperidine rings is 1. The summed E-state index contributed by atoms with van der Waals surface area (Å²) in [6.45, 7) is 13.3. The van der Waals surface area contributed by atoms with Gasteiger partial charge in [0.2, 0.25) is 0 Å². The minimum atomic E-state index is -1.04. The zero-order valence-corrected chi connectivity index (χ0v) is 31.5. The molecule has 0 aliphatic carbocycles. The molecule has 2 aromatic rings. The van der Waals surface area contributed by atoms with E-state index in [1.165, 1.54) is 12.0 Å². The molecule has 6 atom stereocenters. The third-order valence-corrected chi connectivity index (χ3v) is 9.46. The summed E-state index contributed by atoms with van der Waals surface area (Å²) in [4.78, 5) is 16.7. The zero-order valence-electron chi connectivity index (χ0n) is 31.5. The first-order valence-corrected chi connectivity index (χ1v) is 18.0. The monoisotopic (exact) mass is 716 g/mol. The van der Waals surface area contributed by atoms with Crippen LogP contribution in [-0.4, -0.2) is 126 Å². The van der Waals surface area contributed by atoms with Crippen LogP contribution in [-0.2, 0) is 41.6 Å². The summed E-state index contributed by atoms with van der Waals surface area (Å²) in [5.41, 5.74) is 3.47. The van der Waals surface area contributed by atoms with Crippen molar-refractivity contribution in [3.63, 3.8) is 0 Å². The van der Waals surface area contributed by atoms with Crippen LogP contribution >= 0.6 is 0 Å². The highest BCUT2D eigenvalue weighted by Crippen LogP contribution is 2.43. The molecule has 2 heterocycles. The second-order valence-electron chi connectivity index (χ2n) is 14.8. The average Bonchev–Trinajstić information content (AvgIpc) is 3.09. The van der Waals surface area contributed by atoms with Crippen molar-refractivity contribution in [2.75, 3.05) is 85.5 Å². The Morgan fingerprint density at radius 3 is 2.33 bits per heavy atom. The van der Waals surface area contributed by atoms with Gasteiger partial charge in [-0.1, -0.05) is 58.0 Å². The van der Waals surface area contributed by atoms with Crippen LogP contribution in [0.3, 0.4) is 0 Å². The summed E-state index contributed by atoms with van der Waals surface area (Å²) in [6.07, 6.45) is -2.19. The van der Waals surface area contributed by atoms with Crippen molar-refractivity contribution in [2.45, 2.75) is 77.6 Å². The maximum atomic E-state index is 12.9. The standard InChI is InChI=1S/C39H60N2O10/c1-27(21-46-6)22-48-23-28-9-12-30(13-10-28)35-34(20-41(38(43)44)37(39(2,3)4)36(35)51-26-31(42)25-47-7)50-24-29-11-14-33-32(19-29)40(16-18-49-33)15-8-17-45-5/h9-14,19,27,31,34-37,42H,8,15-18,20-26H2,1-7H3,(H,43,44)/t27-,31+,34-,35+,36-,37?/m0/s1. The molecule has 0 bridgehead atoms. The minimum Gasteiger partial charge on any atom is -0.490 e. The molecule has 2 aliphatic rings. The van der Waals surface area contributed by atoms with Crippen molar-refractivity contribution in [1.82, 2.24) is 4.90 Å². The van der Waals surface area contributed by atoms with E-state index in [1.807, 2.05) is 45.0 Å². The molecule has 2 N–H and O–H groups in total. The van der Waals surface area contributed by atoms with E-state index in [-0.39, 0.29) is 38.2 Å². The predicted octanol–water partition coefficient (Wildman–Crippen LogP) is 5.19. The third kappa shape index (κ3) is 11.5. The largest absolute Gasteiger partial charge is 0.490 e. The molecular formula is C39H60N2O10. The Bertz CT molecular complexity index is 1340. The van der Waals surface area contributed by atoms with Gasteiger partial charge >= 0.3 is 6.09 Å². The molecule has 0 saturated carbocycles. The molecule has 1 saturated heterocycles. The van der Waals surface area contributed by atoms with Gasteiger partial charge in [-0.3, -0.25) is 4.90 Å². The SMILES string of the molecule is COCCCN1CCOc2ccc(CO[C@H]3CN(C(=O)O)C(C(C)(C)C)[C@@H](OC[C@H](O)COC)[C@@H]3c3ccc(COC[C@@H](C)COC)cc3)cc21. The van der Waals surface area contributed by atoms with Crippen molar-refractivity contribution in [3.05, 3.63) is 59.2 Å². The van der Waals surface area contributed by atoms with E-state index in [4.69, 9.17) is 33.2 Å². The van der Waals surface area contributed by atoms with Gasteiger partial charge in [0.25, 0.3) is 0 Å². The highest BCUT2D eigenvalue weighted by atomic mass is 16.5. The molecule has 286 valence electrons. The third-order valence-electron chi connectivity index (χ3n) is 9.46. The number of rotatable bonds is 19. The van der Waals surface area contributed by atoms with Crippen molar-refractivity contribution >= 4 is 11.8 Å². The molecule has 0 radical (unpaired) electrons. The maximum Gasteiger partial charge on any atom is 0.407 e. The maximum absolute atomic E-state index is 12.9. The number of hydrogen-bond donors (Lipinski definition) is 2. The van der Waals surface area contributed by atoms with Gasteiger partial charge in [0.1, 0.15) is 18.5 Å². The van der Waals surface area contributed by atoms with E-state index in [0.717, 1.165) is 47.6 Å². The van der Waals surface area contributed by atoms with Crippen molar-refractivity contribution in [3.8, 4) is 5.75 Å². The number of aliphatic hydroxyl groups is 1. The summed E-state index contributed by atoms with van der Waals surface area (Å²) in [6, 6.07) is 13.8. The molecule has 1 unspecified atom stereocenters. The summed E-state index contributed by atoms with van der Waals surface area (Å²) in [5, 5.41) is 21.2. The number of nitrogens with zero attached hydrogens (tertiary/aromatic N) is 2. The number of benzene rings is 2. The Labute approximate surface area is 303 Å². The number of fused-ring (bicyclic) bond motifs is 1. The van der Waals surface area contributed by atoms with Crippen LogP contribution in [0.25, 0.3) is 0 Å². The van der Waals surface area contributed by atoms with E-state index >= 15 is 0 Å². The number of hydrogen-bond acceptors (Lipinski definition) is 10. The second kappa shape index (κ2) is 19.8. The molecule has 0 aromatic heterocycles. The van der Waals surface area contributed by atoms with Gasteiger partial charge in [-0.05, 0) is 40.7 Å². The van der Waals surface area contributed by atoms with E-state index < -0.39 is 35.9 Å². The minimum absolute atomic E-state index is 0.0168. The number of ether oxygens (including phenoxy) is 7. The normalized spacial score (nSPS) is 22.0. The fourth-order valence-electron chi connectivity index (χ4n) is 7.17. The van der Waals surface area contributed by atoms with Gasteiger partial charge in [0.15, 0.2) is 0 Å². The van der Waals surface area contributed by atoms with Crippen molar-refractivity contribution in [1.29, 1.82) is 0 Å². The number of carbonyl (C=O) groups is 1. The Kier molecular flexibility index (Phi) is 15.8. The lowest BCUT2D eigenvalue weighted by Gasteiger charge is -2.52. The number of carboxylic acid groups (broad SMARTS) is 1. The van der Waals surface area contributed by atoms with Crippen LogP contribution in [0.5, 0.6) is 5.75 Å². The number of likely N-dealkylation sites (tertiary alicyclic amines) is 1. The van der Waals surface area contributed by atoms with Gasteiger partial charge in [0.05, 0.1) is 76.7 Å². The molecule has 2 aromatic carbocycles. The summed E-state index contributed by atoms with van der Waals surface area (Å²) < 4.78 is 40.9. The molecule has 1 fully saturated rings. The topological polar surface area (TPSA) is 129 Å². The Morgan fingerprint density at radius 2 is 1.67 bits per heavy atom. The van der Waals surface area contributed by atoms with Gasteiger partial charge in [-0.2, -0.15) is 0 Å². The lowest BCUT2D eigenvalue weighted by atomic mass is 9.71. The summed E-state index contributed by atoms with van der Waals surface area (Å²) in [7, 11) is 4.92. The van der Waals surface area contributed by atoms with Crippen LogP contribution in [0.4, 0.5) is 10.5 Å². The molecule has 0 spiro atoms. The Balaban J connectivity index is 1.65. The highest BCUT2D eigenvalue weighted by molar-refractivity contribution is 5.66. The average molecular weight is 717 g/mol. The fourth-order valence-corrected chi connectivity index (χ4v) is 7.17. The molecule has 1 amide bonds. The van der Waals surface area contributed by atoms with E-state index in [2.05, 4.69) is 30.0 Å². The van der Waals surface area contributed by atoms with Crippen LogP contribution in [0, 0.1) is 11.3 Å². The molecule has 4 rings (SSSR count). The first-order valence-electron chi connectivity index (χ1n) is 18.0. The fraction of sp³-hybridized carbons (Fsp3) is 0.667. The molecule has 51 heavy (non-hydrogen) atoms. The summed E-state index contributed by atoms with van der Waals surface area (Å²) >= 11 is 0. The predicted molar refractivity (Wildman–Crippen MR) is 195 cm³/mol. The highest BCUT2D eigenvalue weighted by Gasteiger charge is 2.51. The van der Waals surface area contributed by atoms with E-state index in [1.54, 1.807) is 14.2 Å². The lowest BCUT2D eigenvalue weighted by Crippen LogP contribution is -2.64. The van der Waals surface area contributed by atoms with E-state index in [9.17, 15) is 15.0 Å². The number of methoxy groups -OCH3 is 3. The van der Waals surface area contributed by atoms with Crippen molar-refractivity contribution in [2.24, 2.45) is 11.3 Å². The molecule has 12 heteroatoms. The van der Waals surface area contributed by atoms with Crippen LogP contribution in [0.2, 0.25) is 0 Å². The van der Waals surface area contributed by atoms with E-state index in [0.29, 0.717) is 33.0 Å². The van der Waals surface area contributed by atoms with Crippen LogP contribution in [0.15, 0.2) is 42.5 Å².